The molecule has 0 aliphatic carbocycles. The predicted octanol–water partition coefficient (Wildman–Crippen LogP) is 0.871. The minimum absolute atomic E-state index is 0.295. The minimum Gasteiger partial charge on any atom is -0.370 e. The highest BCUT2D eigenvalue weighted by atomic mass is 15.3. The third-order valence-corrected chi connectivity index (χ3v) is 3.08. The zero-order valence-electron chi connectivity index (χ0n) is 11.3. The Kier molecular flexibility index (Phi) is 4.78. The van der Waals surface area contributed by atoms with Crippen molar-refractivity contribution in [3.05, 3.63) is 35.9 Å². The number of hydrogen-bond donors (Lipinski definition) is 3. The number of guanidine groups is 2. The van der Waals surface area contributed by atoms with Crippen LogP contribution < -0.4 is 16.4 Å². The number of hydrogen-bond acceptors (Lipinski definition) is 3. The molecule has 1 aromatic rings. The van der Waals surface area contributed by atoms with Crippen molar-refractivity contribution in [3.8, 4) is 0 Å². The number of rotatable bonds is 4. The van der Waals surface area contributed by atoms with Crippen LogP contribution in [-0.4, -0.2) is 31.1 Å². The molecule has 1 aromatic carbocycles. The molecule has 0 bridgehead atoms. The summed E-state index contributed by atoms with van der Waals surface area (Å²) in [5.41, 5.74) is 7.03. The van der Waals surface area contributed by atoms with E-state index in [1.165, 1.54) is 5.56 Å². The standard InChI is InChI=1S/C14H21N5/c1-2-12-10-17-13(15)19-14(18-12)16-9-8-11-6-4-3-5-7-11/h3-7,12H,2,8-10H2,1H3,(H4,15,16,17,18,19). The van der Waals surface area contributed by atoms with Gasteiger partial charge in [0.1, 0.15) is 0 Å². The Hall–Kier alpha value is -2.04. The molecule has 1 unspecified atom stereocenters. The molecular weight excluding hydrogens is 238 g/mol. The van der Waals surface area contributed by atoms with E-state index in [2.05, 4.69) is 39.7 Å². The highest BCUT2D eigenvalue weighted by Gasteiger charge is 2.13. The molecule has 0 aromatic heterocycles. The van der Waals surface area contributed by atoms with E-state index in [1.807, 2.05) is 18.2 Å². The van der Waals surface area contributed by atoms with Gasteiger partial charge in [0, 0.05) is 12.6 Å². The normalized spacial score (nSPS) is 21.2. The van der Waals surface area contributed by atoms with E-state index in [0.29, 0.717) is 18.5 Å². The van der Waals surface area contributed by atoms with Crippen LogP contribution in [0.1, 0.15) is 18.9 Å². The van der Waals surface area contributed by atoms with Gasteiger partial charge in [-0.2, -0.15) is 0 Å². The van der Waals surface area contributed by atoms with Crippen LogP contribution in [0, 0.1) is 0 Å². The molecule has 0 saturated heterocycles. The zero-order chi connectivity index (χ0) is 13.5. The SMILES string of the molecule is CCC1CN=C(N)NC(=NCCc2ccccc2)N1. The van der Waals surface area contributed by atoms with Crippen molar-refractivity contribution in [1.82, 2.24) is 10.6 Å². The molecule has 0 radical (unpaired) electrons. The van der Waals surface area contributed by atoms with Crippen molar-refractivity contribution < 1.29 is 0 Å². The third-order valence-electron chi connectivity index (χ3n) is 3.08. The fraction of sp³-hybridized carbons (Fsp3) is 0.429. The van der Waals surface area contributed by atoms with E-state index in [1.54, 1.807) is 0 Å². The van der Waals surface area contributed by atoms with Crippen LogP contribution in [0.4, 0.5) is 0 Å². The maximum atomic E-state index is 5.74. The molecular formula is C14H21N5. The highest BCUT2D eigenvalue weighted by molar-refractivity contribution is 5.98. The third kappa shape index (κ3) is 4.28. The first kappa shape index (κ1) is 13.4. The summed E-state index contributed by atoms with van der Waals surface area (Å²) in [7, 11) is 0. The van der Waals surface area contributed by atoms with Gasteiger partial charge >= 0.3 is 0 Å². The first-order chi connectivity index (χ1) is 9.28. The van der Waals surface area contributed by atoms with Crippen molar-refractivity contribution >= 4 is 11.9 Å². The van der Waals surface area contributed by atoms with Gasteiger partial charge < -0.3 is 11.1 Å². The molecule has 1 atom stereocenters. The molecule has 5 heteroatoms. The lowest BCUT2D eigenvalue weighted by molar-refractivity contribution is 0.599. The minimum atomic E-state index is 0.295. The van der Waals surface area contributed by atoms with Gasteiger partial charge in [0.05, 0.1) is 6.54 Å². The van der Waals surface area contributed by atoms with Gasteiger partial charge in [0.25, 0.3) is 0 Å². The van der Waals surface area contributed by atoms with Crippen molar-refractivity contribution in [3.63, 3.8) is 0 Å². The fourth-order valence-corrected chi connectivity index (χ4v) is 1.90. The van der Waals surface area contributed by atoms with Crippen LogP contribution in [0.5, 0.6) is 0 Å². The summed E-state index contributed by atoms with van der Waals surface area (Å²) >= 11 is 0. The Morgan fingerprint density at radius 1 is 1.37 bits per heavy atom. The second-order valence-electron chi connectivity index (χ2n) is 4.57. The summed E-state index contributed by atoms with van der Waals surface area (Å²) < 4.78 is 0. The van der Waals surface area contributed by atoms with Gasteiger partial charge in [0.15, 0.2) is 11.9 Å². The lowest BCUT2D eigenvalue weighted by Crippen LogP contribution is -2.45. The van der Waals surface area contributed by atoms with Crippen LogP contribution >= 0.6 is 0 Å². The van der Waals surface area contributed by atoms with Gasteiger partial charge in [-0.05, 0) is 18.4 Å². The van der Waals surface area contributed by atoms with Crippen LogP contribution in [0.3, 0.4) is 0 Å². The van der Waals surface area contributed by atoms with Gasteiger partial charge in [-0.15, -0.1) is 0 Å². The molecule has 1 heterocycles. The average Bonchev–Trinajstić information content (AvgIpc) is 2.61. The summed E-state index contributed by atoms with van der Waals surface area (Å²) in [6, 6.07) is 10.6. The summed E-state index contributed by atoms with van der Waals surface area (Å²) in [6.07, 6.45) is 1.91. The van der Waals surface area contributed by atoms with Gasteiger partial charge in [-0.25, -0.2) is 0 Å². The van der Waals surface area contributed by atoms with Crippen LogP contribution in [0.2, 0.25) is 0 Å². The number of nitrogens with one attached hydrogen (secondary N) is 2. The maximum absolute atomic E-state index is 5.74. The molecule has 102 valence electrons. The van der Waals surface area contributed by atoms with Gasteiger partial charge in [-0.1, -0.05) is 37.3 Å². The fourth-order valence-electron chi connectivity index (χ4n) is 1.90. The Morgan fingerprint density at radius 2 is 2.16 bits per heavy atom. The van der Waals surface area contributed by atoms with Crippen molar-refractivity contribution in [2.45, 2.75) is 25.8 Å². The molecule has 0 fully saturated rings. The van der Waals surface area contributed by atoms with E-state index < -0.39 is 0 Å². The second kappa shape index (κ2) is 6.78. The Balaban J connectivity index is 1.92. The monoisotopic (exact) mass is 259 g/mol. The maximum Gasteiger partial charge on any atom is 0.198 e. The van der Waals surface area contributed by atoms with Gasteiger partial charge in [-0.3, -0.25) is 15.3 Å². The summed E-state index contributed by atoms with van der Waals surface area (Å²) in [6.45, 7) is 3.53. The summed E-state index contributed by atoms with van der Waals surface area (Å²) in [4.78, 5) is 8.75. The Morgan fingerprint density at radius 3 is 2.89 bits per heavy atom. The molecule has 0 amide bonds. The van der Waals surface area contributed by atoms with Crippen molar-refractivity contribution in [2.24, 2.45) is 15.7 Å². The first-order valence-corrected chi connectivity index (χ1v) is 6.69. The number of aliphatic imine (C=N–C) groups is 2. The van der Waals surface area contributed by atoms with Crippen molar-refractivity contribution in [1.29, 1.82) is 0 Å². The van der Waals surface area contributed by atoms with Crippen LogP contribution in [0.25, 0.3) is 0 Å². The molecule has 1 aliphatic heterocycles. The van der Waals surface area contributed by atoms with E-state index in [-0.39, 0.29) is 0 Å². The Labute approximate surface area is 114 Å². The van der Waals surface area contributed by atoms with E-state index >= 15 is 0 Å². The quantitative estimate of drug-likeness (QED) is 0.751. The molecule has 0 spiro atoms. The molecule has 5 nitrogen and oxygen atoms in total. The van der Waals surface area contributed by atoms with Crippen LogP contribution in [0.15, 0.2) is 40.3 Å². The molecule has 19 heavy (non-hydrogen) atoms. The van der Waals surface area contributed by atoms with Crippen molar-refractivity contribution in [2.75, 3.05) is 13.1 Å². The molecule has 0 saturated carbocycles. The lowest BCUT2D eigenvalue weighted by atomic mass is 10.2. The summed E-state index contributed by atoms with van der Waals surface area (Å²) in [5, 5.41) is 6.32. The Bertz CT molecular complexity index is 452. The summed E-state index contributed by atoms with van der Waals surface area (Å²) in [5.74, 6) is 1.16. The average molecular weight is 259 g/mol. The predicted molar refractivity (Wildman–Crippen MR) is 79.3 cm³/mol. The van der Waals surface area contributed by atoms with Crippen LogP contribution in [-0.2, 0) is 6.42 Å². The molecule has 2 rings (SSSR count). The first-order valence-electron chi connectivity index (χ1n) is 6.69. The van der Waals surface area contributed by atoms with E-state index in [4.69, 9.17) is 5.73 Å². The second-order valence-corrected chi connectivity index (χ2v) is 4.57. The lowest BCUT2D eigenvalue weighted by Gasteiger charge is -2.14. The number of nitrogens with two attached hydrogens (primary N) is 1. The van der Waals surface area contributed by atoms with E-state index in [0.717, 1.165) is 25.3 Å². The number of nitrogens with zero attached hydrogens (tertiary/aromatic N) is 2. The topological polar surface area (TPSA) is 74.8 Å². The molecule has 4 N–H and O–H groups in total. The van der Waals surface area contributed by atoms with Gasteiger partial charge in [0.2, 0.25) is 0 Å². The highest BCUT2D eigenvalue weighted by Crippen LogP contribution is 2.00. The number of benzene rings is 1. The zero-order valence-corrected chi connectivity index (χ0v) is 11.3. The largest absolute Gasteiger partial charge is 0.370 e. The van der Waals surface area contributed by atoms with E-state index in [9.17, 15) is 0 Å². The molecule has 1 aliphatic rings. The smallest absolute Gasteiger partial charge is 0.198 e.